The molecule has 4 aromatic rings. The summed E-state index contributed by atoms with van der Waals surface area (Å²) in [5.74, 6) is 0. The third-order valence-corrected chi connectivity index (χ3v) is 8.44. The fourth-order valence-electron chi connectivity index (χ4n) is 6.07. The van der Waals surface area contributed by atoms with Crippen LogP contribution in [0.4, 0.5) is 105 Å². The molecule has 1 nitrogen and oxygen atoms in total. The van der Waals surface area contributed by atoms with Crippen LogP contribution in [-0.4, -0.2) is 11.6 Å². The van der Waals surface area contributed by atoms with E-state index in [0.717, 1.165) is 0 Å². The second-order valence-corrected chi connectivity index (χ2v) is 12.2. The molecule has 0 aliphatic rings. The van der Waals surface area contributed by atoms with Crippen LogP contribution in [0, 0.1) is 0 Å². The minimum absolute atomic E-state index is 0. The third-order valence-electron chi connectivity index (χ3n) is 8.44. The number of hydrogen-bond donors (Lipinski definition) is 0. The molecule has 0 saturated heterocycles. The van der Waals surface area contributed by atoms with Gasteiger partial charge in [0.2, 0.25) is 0 Å². The molecule has 0 aromatic heterocycles. The molecule has 0 saturated carbocycles. The Hall–Kier alpha value is -3.78. The van der Waals surface area contributed by atoms with Gasteiger partial charge in [-0.05, 0) is 24.3 Å². The van der Waals surface area contributed by atoms with E-state index < -0.39 is 195 Å². The van der Waals surface area contributed by atoms with Crippen molar-refractivity contribution in [3.8, 4) is 0 Å². The summed E-state index contributed by atoms with van der Waals surface area (Å²) in [5, 5.41) is 0. The summed E-state index contributed by atoms with van der Waals surface area (Å²) in [6.07, 6.45) is -54.8. The van der Waals surface area contributed by atoms with Crippen molar-refractivity contribution >= 4 is 28.0 Å². The van der Waals surface area contributed by atoms with Crippen molar-refractivity contribution in [2.75, 3.05) is 0 Å². The van der Waals surface area contributed by atoms with Crippen molar-refractivity contribution in [1.82, 2.24) is 0 Å². The van der Waals surface area contributed by atoms with Crippen LogP contribution in [0.25, 0.3) is 0 Å². The summed E-state index contributed by atoms with van der Waals surface area (Å²) in [7, 11) is 0. The van der Waals surface area contributed by atoms with Crippen LogP contribution in [0.2, 0.25) is 0 Å². The predicted octanol–water partition coefficient (Wildman–Crippen LogP) is 7.39. The van der Waals surface area contributed by atoms with Crippen LogP contribution >= 0.6 is 0 Å². The normalized spacial score (nSPS) is 13.8. The summed E-state index contributed by atoms with van der Waals surface area (Å²) in [5.41, 5.74) is -30.2. The van der Waals surface area contributed by atoms with Crippen LogP contribution < -0.4 is 51.4 Å². The van der Waals surface area contributed by atoms with Gasteiger partial charge < -0.3 is 5.48 Å². The van der Waals surface area contributed by atoms with E-state index in [9.17, 15) is 105 Å². The molecule has 4 aromatic carbocycles. The molecule has 0 amide bonds. The van der Waals surface area contributed by atoms with E-state index in [4.69, 9.17) is 0 Å². The molecule has 0 fully saturated rings. The van der Waals surface area contributed by atoms with Crippen molar-refractivity contribution in [3.63, 3.8) is 0 Å². The predicted molar refractivity (Wildman–Crippen MR) is 154 cm³/mol. The second kappa shape index (κ2) is 15.9. The van der Waals surface area contributed by atoms with Gasteiger partial charge in [0.05, 0.1) is 44.5 Å². The molecule has 2 N–H and O–H groups in total. The zero-order valence-corrected chi connectivity index (χ0v) is 30.1. The van der Waals surface area contributed by atoms with Gasteiger partial charge in [-0.2, -0.15) is 127 Å². The molecule has 0 aliphatic carbocycles. The molecule has 0 bridgehead atoms. The van der Waals surface area contributed by atoms with Gasteiger partial charge in [-0.25, -0.2) is 0 Å². The van der Waals surface area contributed by atoms with E-state index in [1.165, 1.54) is 0 Å². The minimum Gasteiger partial charge on any atom is -0.412 e. The Kier molecular flexibility index (Phi) is 13.9. The smallest absolute Gasteiger partial charge is 0.412 e. The minimum atomic E-state index is -6.13. The first-order valence-electron chi connectivity index (χ1n) is 14.6. The van der Waals surface area contributed by atoms with Crippen LogP contribution in [-0.2, 0) is 49.4 Å². The number of rotatable bonds is 4. The number of halogens is 24. The Morgan fingerprint density at radius 3 is 0.407 bits per heavy atom. The Labute approximate surface area is 334 Å². The fourth-order valence-corrected chi connectivity index (χ4v) is 6.07. The Balaban J connectivity index is 0.00000600. The molecule has 0 heterocycles. The van der Waals surface area contributed by atoms with Crippen LogP contribution in [0.3, 0.4) is 0 Å². The zero-order chi connectivity index (χ0) is 43.9. The van der Waals surface area contributed by atoms with Crippen LogP contribution in [0.15, 0.2) is 72.8 Å². The van der Waals surface area contributed by atoms with Gasteiger partial charge in [0.25, 0.3) is 0 Å². The summed E-state index contributed by atoms with van der Waals surface area (Å²) in [6.45, 7) is 0. The summed E-state index contributed by atoms with van der Waals surface area (Å²) < 4.78 is 341. The van der Waals surface area contributed by atoms with Gasteiger partial charge >= 0.3 is 79.0 Å². The van der Waals surface area contributed by atoms with Gasteiger partial charge in [-0.1, -0.05) is 48.5 Å². The first-order chi connectivity index (χ1) is 25.3. The molecule has 0 atom stereocenters. The maximum atomic E-state index is 14.2. The van der Waals surface area contributed by atoms with Crippen molar-refractivity contribution in [1.29, 1.82) is 0 Å². The van der Waals surface area contributed by atoms with Crippen LogP contribution in [0.1, 0.15) is 44.5 Å². The van der Waals surface area contributed by atoms with E-state index in [1.807, 2.05) is 0 Å². The molecule has 0 aliphatic heterocycles. The van der Waals surface area contributed by atoms with Crippen molar-refractivity contribution < 1.29 is 140 Å². The average molecular weight is 904 g/mol. The van der Waals surface area contributed by atoms with Crippen LogP contribution in [0.5, 0.6) is 0 Å². The molecule has 0 spiro atoms. The van der Waals surface area contributed by atoms with E-state index in [2.05, 4.69) is 0 Å². The topological polar surface area (TPSA) is 31.5 Å². The summed E-state index contributed by atoms with van der Waals surface area (Å²) in [4.78, 5) is 0. The Morgan fingerprint density at radius 2 is 0.322 bits per heavy atom. The second-order valence-electron chi connectivity index (χ2n) is 12.2. The maximum Gasteiger partial charge on any atom is 1.00 e. The molecule has 27 heteroatoms. The van der Waals surface area contributed by atoms with E-state index in [1.54, 1.807) is 0 Å². The fraction of sp³-hybridized carbons (Fsp3) is 0.250. The standard InChI is InChI=1S/C32H12BF24.Na.H2O/c34-25(35,36)13-1-14(26(37,38)39)6-21(5-13)33(22-7-15(27(40,41)42)2-16(8-22)28(43,44)45,23-9-17(29(46,47)48)3-18(10-23)30(49,50)51)24-11-19(31(52,53)54)4-20(12-24)32(55,56)57;;/h1-12H;;1H2/q-1;+1;. The first kappa shape index (κ1) is 51.4. The Bertz CT molecular complexity index is 1710. The molecular weight excluding hydrogens is 890 g/mol. The van der Waals surface area contributed by atoms with Crippen molar-refractivity contribution in [2.45, 2.75) is 49.4 Å². The molecule has 320 valence electrons. The largest absolute Gasteiger partial charge is 1.00 e. The number of hydrogen-bond acceptors (Lipinski definition) is 0. The molecule has 0 radical (unpaired) electrons. The molecule has 59 heavy (non-hydrogen) atoms. The Morgan fingerprint density at radius 1 is 0.220 bits per heavy atom. The van der Waals surface area contributed by atoms with E-state index in [-0.39, 0.29) is 35.0 Å². The van der Waals surface area contributed by atoms with Crippen molar-refractivity contribution in [3.05, 3.63) is 117 Å². The third kappa shape index (κ3) is 10.9. The number of benzene rings is 4. The molecular formula is C32H14BF24NaO. The number of alkyl halides is 24. The molecule has 4 rings (SSSR count). The van der Waals surface area contributed by atoms with E-state index >= 15 is 0 Å². The van der Waals surface area contributed by atoms with Gasteiger partial charge in [-0.15, -0.1) is 0 Å². The van der Waals surface area contributed by atoms with Gasteiger partial charge in [0, 0.05) is 0 Å². The zero-order valence-electron chi connectivity index (χ0n) is 28.1. The monoisotopic (exact) mass is 904 g/mol. The quantitative estimate of drug-likeness (QED) is 0.151. The molecule has 0 unspecified atom stereocenters. The summed E-state index contributed by atoms with van der Waals surface area (Å²) in [6, 6.07) is -8.81. The van der Waals surface area contributed by atoms with Crippen molar-refractivity contribution in [2.24, 2.45) is 0 Å². The van der Waals surface area contributed by atoms with E-state index in [0.29, 0.717) is 0 Å². The average Bonchev–Trinajstić information content (AvgIpc) is 3.01. The van der Waals surface area contributed by atoms with Gasteiger partial charge in [0.1, 0.15) is 6.15 Å². The SMILES string of the molecule is FC(F)(F)c1cc([B-](c2cc(C(F)(F)F)cc(C(F)(F)F)c2)(c2cc(C(F)(F)F)cc(C(F)(F)F)c2)c2cc(C(F)(F)F)cc(C(F)(F)F)c2)cc(C(F)(F)F)c1.O.[Na+]. The maximum absolute atomic E-state index is 14.2. The summed E-state index contributed by atoms with van der Waals surface area (Å²) >= 11 is 0. The van der Waals surface area contributed by atoms with Gasteiger partial charge in [-0.3, -0.25) is 0 Å². The first-order valence-corrected chi connectivity index (χ1v) is 14.6. The van der Waals surface area contributed by atoms with Gasteiger partial charge in [0.15, 0.2) is 0 Å².